The van der Waals surface area contributed by atoms with Gasteiger partial charge >= 0.3 is 5.97 Å². The van der Waals surface area contributed by atoms with E-state index in [4.69, 9.17) is 4.74 Å². The number of Topliss-reactive ketones (excluding diaryl/α,β-unsaturated/α-hetero) is 1. The van der Waals surface area contributed by atoms with Crippen molar-refractivity contribution in [2.45, 2.75) is 13.3 Å². The van der Waals surface area contributed by atoms with Crippen molar-refractivity contribution >= 4 is 27.7 Å². The van der Waals surface area contributed by atoms with Gasteiger partial charge in [0.05, 0.1) is 6.61 Å². The van der Waals surface area contributed by atoms with Crippen LogP contribution in [-0.2, 0) is 16.0 Å². The van der Waals surface area contributed by atoms with Crippen LogP contribution in [0, 0.1) is 5.92 Å². The third-order valence-corrected chi connectivity index (χ3v) is 3.42. The fourth-order valence-electron chi connectivity index (χ4n) is 1.91. The summed E-state index contributed by atoms with van der Waals surface area (Å²) in [5.41, 5.74) is 1.54. The number of carbonyl (C=O) groups excluding carboxylic acids is 2. The third-order valence-electron chi connectivity index (χ3n) is 2.68. The quantitative estimate of drug-likeness (QED) is 0.618. The highest BCUT2D eigenvalue weighted by Gasteiger charge is 2.37. The van der Waals surface area contributed by atoms with Crippen molar-refractivity contribution in [3.63, 3.8) is 0 Å². The second-order valence-electron chi connectivity index (χ2n) is 3.64. The van der Waals surface area contributed by atoms with Gasteiger partial charge in [-0.2, -0.15) is 0 Å². The summed E-state index contributed by atoms with van der Waals surface area (Å²) in [5.74, 6) is -1.21. The van der Waals surface area contributed by atoms with Crippen LogP contribution in [0.2, 0.25) is 0 Å². The van der Waals surface area contributed by atoms with Gasteiger partial charge in [-0.3, -0.25) is 9.59 Å². The number of benzene rings is 1. The van der Waals surface area contributed by atoms with Crippen molar-refractivity contribution in [1.82, 2.24) is 0 Å². The van der Waals surface area contributed by atoms with E-state index >= 15 is 0 Å². The molecule has 0 saturated heterocycles. The zero-order valence-electron chi connectivity index (χ0n) is 8.83. The first-order valence-electron chi connectivity index (χ1n) is 5.13. The lowest BCUT2D eigenvalue weighted by molar-refractivity contribution is -0.145. The van der Waals surface area contributed by atoms with Crippen LogP contribution >= 0.6 is 15.9 Å². The lowest BCUT2D eigenvalue weighted by atomic mass is 10.1. The number of esters is 1. The minimum atomic E-state index is -0.659. The summed E-state index contributed by atoms with van der Waals surface area (Å²) in [6.45, 7) is 2.04. The Morgan fingerprint density at radius 3 is 2.94 bits per heavy atom. The third kappa shape index (κ3) is 1.78. The molecule has 3 nitrogen and oxygen atoms in total. The van der Waals surface area contributed by atoms with Gasteiger partial charge in [-0.05, 0) is 25.0 Å². The van der Waals surface area contributed by atoms with Crippen LogP contribution in [0.3, 0.4) is 0 Å². The molecule has 84 valence electrons. The van der Waals surface area contributed by atoms with Crippen molar-refractivity contribution in [3.8, 4) is 0 Å². The summed E-state index contributed by atoms with van der Waals surface area (Å²) in [6.07, 6.45) is 0.439. The first kappa shape index (κ1) is 11.3. The summed E-state index contributed by atoms with van der Waals surface area (Å²) < 4.78 is 5.77. The average Bonchev–Trinajstić information content (AvgIpc) is 2.59. The molecule has 0 N–H and O–H groups in total. The predicted molar refractivity (Wildman–Crippen MR) is 62.3 cm³/mol. The summed E-state index contributed by atoms with van der Waals surface area (Å²) >= 11 is 3.39. The molecule has 1 aromatic carbocycles. The standard InChI is InChI=1S/C12H11BrO3/c1-2-16-12(15)9-6-8-7(11(9)14)4-3-5-10(8)13/h3-5,9H,2,6H2,1H3. The Kier molecular flexibility index (Phi) is 3.10. The number of fused-ring (bicyclic) bond motifs is 1. The van der Waals surface area contributed by atoms with Gasteiger partial charge in [-0.15, -0.1) is 0 Å². The van der Waals surface area contributed by atoms with Crippen LogP contribution < -0.4 is 0 Å². The topological polar surface area (TPSA) is 43.4 Å². The Morgan fingerprint density at radius 2 is 2.31 bits per heavy atom. The van der Waals surface area contributed by atoms with Crippen molar-refractivity contribution in [2.75, 3.05) is 6.61 Å². The maximum Gasteiger partial charge on any atom is 0.317 e. The lowest BCUT2D eigenvalue weighted by Crippen LogP contribution is -2.23. The van der Waals surface area contributed by atoms with E-state index < -0.39 is 11.9 Å². The van der Waals surface area contributed by atoms with E-state index in [1.807, 2.05) is 6.07 Å². The average molecular weight is 283 g/mol. The fourth-order valence-corrected chi connectivity index (χ4v) is 2.44. The smallest absolute Gasteiger partial charge is 0.317 e. The maximum atomic E-state index is 11.9. The second kappa shape index (κ2) is 4.37. The monoisotopic (exact) mass is 282 g/mol. The number of hydrogen-bond donors (Lipinski definition) is 0. The molecule has 4 heteroatoms. The lowest BCUT2D eigenvalue weighted by Gasteiger charge is -2.06. The van der Waals surface area contributed by atoms with Crippen LogP contribution in [0.1, 0.15) is 22.8 Å². The van der Waals surface area contributed by atoms with Gasteiger partial charge in [0.1, 0.15) is 5.92 Å². The molecule has 1 aliphatic carbocycles. The number of halogens is 1. The van der Waals surface area contributed by atoms with Crippen LogP contribution in [0.5, 0.6) is 0 Å². The van der Waals surface area contributed by atoms with E-state index in [0.717, 1.165) is 10.0 Å². The van der Waals surface area contributed by atoms with E-state index in [-0.39, 0.29) is 5.78 Å². The van der Waals surface area contributed by atoms with Gasteiger partial charge in [-0.1, -0.05) is 28.1 Å². The number of rotatable bonds is 2. The SMILES string of the molecule is CCOC(=O)C1Cc2c(Br)cccc2C1=O. The molecule has 1 unspecified atom stereocenters. The van der Waals surface area contributed by atoms with Crippen molar-refractivity contribution in [2.24, 2.45) is 5.92 Å². The number of carbonyl (C=O) groups is 2. The maximum absolute atomic E-state index is 11.9. The van der Waals surface area contributed by atoms with Gasteiger partial charge in [0.15, 0.2) is 5.78 Å². The van der Waals surface area contributed by atoms with Crippen molar-refractivity contribution < 1.29 is 14.3 Å². The van der Waals surface area contributed by atoms with Crippen molar-refractivity contribution in [1.29, 1.82) is 0 Å². The van der Waals surface area contributed by atoms with Gasteiger partial charge < -0.3 is 4.74 Å². The summed E-state index contributed by atoms with van der Waals surface area (Å²) in [6, 6.07) is 5.43. The van der Waals surface area contributed by atoms with Gasteiger partial charge in [0.25, 0.3) is 0 Å². The Bertz CT molecular complexity index is 454. The summed E-state index contributed by atoms with van der Waals surface area (Å²) in [7, 11) is 0. The summed E-state index contributed by atoms with van der Waals surface area (Å²) in [4.78, 5) is 23.5. The first-order chi connectivity index (χ1) is 7.65. The molecule has 0 aliphatic heterocycles. The molecule has 0 fully saturated rings. The van der Waals surface area contributed by atoms with E-state index in [1.165, 1.54) is 0 Å². The largest absolute Gasteiger partial charge is 0.465 e. The molecule has 0 radical (unpaired) electrons. The zero-order valence-corrected chi connectivity index (χ0v) is 10.4. The molecule has 0 saturated carbocycles. The van der Waals surface area contributed by atoms with Crippen LogP contribution in [0.4, 0.5) is 0 Å². The molecule has 1 atom stereocenters. The molecular weight excluding hydrogens is 272 g/mol. The highest BCUT2D eigenvalue weighted by atomic mass is 79.9. The van der Waals surface area contributed by atoms with E-state index in [9.17, 15) is 9.59 Å². The number of hydrogen-bond acceptors (Lipinski definition) is 3. The first-order valence-corrected chi connectivity index (χ1v) is 5.92. The molecule has 2 rings (SSSR count). The molecule has 0 aromatic heterocycles. The molecular formula is C12H11BrO3. The minimum Gasteiger partial charge on any atom is -0.465 e. The fraction of sp³-hybridized carbons (Fsp3) is 0.333. The van der Waals surface area contributed by atoms with Gasteiger partial charge in [0.2, 0.25) is 0 Å². The molecule has 0 bridgehead atoms. The van der Waals surface area contributed by atoms with Gasteiger partial charge in [-0.25, -0.2) is 0 Å². The van der Waals surface area contributed by atoms with Crippen LogP contribution in [0.25, 0.3) is 0 Å². The molecule has 0 amide bonds. The molecule has 1 aliphatic rings. The molecule has 1 aromatic rings. The van der Waals surface area contributed by atoms with E-state index in [2.05, 4.69) is 15.9 Å². The highest BCUT2D eigenvalue weighted by molar-refractivity contribution is 9.10. The van der Waals surface area contributed by atoms with Crippen molar-refractivity contribution in [3.05, 3.63) is 33.8 Å². The van der Waals surface area contributed by atoms with E-state index in [1.54, 1.807) is 19.1 Å². The van der Waals surface area contributed by atoms with Gasteiger partial charge in [0, 0.05) is 10.0 Å². The zero-order chi connectivity index (χ0) is 11.7. The van der Waals surface area contributed by atoms with E-state index in [0.29, 0.717) is 18.6 Å². The molecule has 16 heavy (non-hydrogen) atoms. The molecule has 0 heterocycles. The predicted octanol–water partition coefficient (Wildman–Crippen LogP) is 2.37. The Labute approximate surface area is 102 Å². The Morgan fingerprint density at radius 1 is 1.56 bits per heavy atom. The number of ether oxygens (including phenoxy) is 1. The normalized spacial score (nSPS) is 18.4. The number of ketones is 1. The molecule has 0 spiro atoms. The Balaban J connectivity index is 2.31. The van der Waals surface area contributed by atoms with Crippen LogP contribution in [-0.4, -0.2) is 18.4 Å². The highest BCUT2D eigenvalue weighted by Crippen LogP contribution is 2.32. The summed E-state index contributed by atoms with van der Waals surface area (Å²) in [5, 5.41) is 0. The minimum absolute atomic E-state index is 0.130. The van der Waals surface area contributed by atoms with Crippen LogP contribution in [0.15, 0.2) is 22.7 Å². The second-order valence-corrected chi connectivity index (χ2v) is 4.49. The Hall–Kier alpha value is -1.16.